The number of thiazole rings is 1. The first kappa shape index (κ1) is 17.9. The first-order chi connectivity index (χ1) is 11.4. The summed E-state index contributed by atoms with van der Waals surface area (Å²) in [5, 5.41) is 4.47. The standard InChI is InChI=1S/C17H20N2O4S/c1-11-4-5-12(2)14(8-11)18-15(20)9-23-16(21)6-7-19-13(3)10-24-17(19)22/h4-5,8,10H,6-7,9H2,1-3H3,(H,18,20). The number of aryl methyl sites for hydroxylation is 3. The minimum absolute atomic E-state index is 0.0498. The molecule has 0 aliphatic rings. The van der Waals surface area contributed by atoms with Crippen LogP contribution in [0.25, 0.3) is 0 Å². The normalized spacial score (nSPS) is 10.5. The summed E-state index contributed by atoms with van der Waals surface area (Å²) >= 11 is 1.10. The monoisotopic (exact) mass is 348 g/mol. The van der Waals surface area contributed by atoms with Crippen LogP contribution in [0.4, 0.5) is 5.69 Å². The Labute approximate surface area is 144 Å². The largest absolute Gasteiger partial charge is 0.456 e. The highest BCUT2D eigenvalue weighted by Crippen LogP contribution is 2.16. The van der Waals surface area contributed by atoms with Gasteiger partial charge in [0.1, 0.15) is 0 Å². The van der Waals surface area contributed by atoms with E-state index in [1.807, 2.05) is 32.0 Å². The van der Waals surface area contributed by atoms with E-state index in [4.69, 9.17) is 4.74 Å². The van der Waals surface area contributed by atoms with E-state index in [1.165, 1.54) is 4.57 Å². The molecule has 6 nitrogen and oxygen atoms in total. The second-order valence-electron chi connectivity index (χ2n) is 5.57. The summed E-state index contributed by atoms with van der Waals surface area (Å²) in [4.78, 5) is 35.0. The van der Waals surface area contributed by atoms with Crippen molar-refractivity contribution in [2.24, 2.45) is 0 Å². The average molecular weight is 348 g/mol. The van der Waals surface area contributed by atoms with Crippen LogP contribution in [-0.4, -0.2) is 23.1 Å². The SMILES string of the molecule is Cc1ccc(C)c(NC(=O)COC(=O)CCn2c(C)csc2=O)c1. The van der Waals surface area contributed by atoms with Gasteiger partial charge in [-0.25, -0.2) is 0 Å². The zero-order valence-electron chi connectivity index (χ0n) is 13.9. The smallest absolute Gasteiger partial charge is 0.308 e. The van der Waals surface area contributed by atoms with Gasteiger partial charge in [0.2, 0.25) is 0 Å². The first-order valence-electron chi connectivity index (χ1n) is 7.54. The molecule has 0 aliphatic carbocycles. The number of rotatable bonds is 6. The Morgan fingerprint density at radius 3 is 2.67 bits per heavy atom. The van der Waals surface area contributed by atoms with E-state index in [0.29, 0.717) is 5.69 Å². The minimum atomic E-state index is -0.511. The molecule has 1 heterocycles. The molecule has 1 aromatic carbocycles. The van der Waals surface area contributed by atoms with E-state index < -0.39 is 5.97 Å². The number of nitrogens with zero attached hydrogens (tertiary/aromatic N) is 1. The number of carbonyl (C=O) groups is 2. The third-order valence-electron chi connectivity index (χ3n) is 3.55. The summed E-state index contributed by atoms with van der Waals surface area (Å²) in [7, 11) is 0. The van der Waals surface area contributed by atoms with Crippen LogP contribution < -0.4 is 10.2 Å². The molecule has 0 saturated carbocycles. The molecule has 0 unspecified atom stereocenters. The van der Waals surface area contributed by atoms with Crippen molar-refractivity contribution in [1.29, 1.82) is 0 Å². The third-order valence-corrected chi connectivity index (χ3v) is 4.43. The fraction of sp³-hybridized carbons (Fsp3) is 0.353. The van der Waals surface area contributed by atoms with E-state index in [0.717, 1.165) is 28.2 Å². The highest BCUT2D eigenvalue weighted by Gasteiger charge is 2.11. The topological polar surface area (TPSA) is 77.4 Å². The molecule has 7 heteroatoms. The van der Waals surface area contributed by atoms with Crippen LogP contribution in [0.5, 0.6) is 0 Å². The van der Waals surface area contributed by atoms with Crippen LogP contribution >= 0.6 is 11.3 Å². The van der Waals surface area contributed by atoms with E-state index in [2.05, 4.69) is 5.32 Å². The first-order valence-corrected chi connectivity index (χ1v) is 8.42. The Morgan fingerprint density at radius 2 is 2.00 bits per heavy atom. The van der Waals surface area contributed by atoms with Crippen molar-refractivity contribution < 1.29 is 14.3 Å². The number of benzene rings is 1. The zero-order valence-corrected chi connectivity index (χ0v) is 14.7. The lowest BCUT2D eigenvalue weighted by molar-refractivity contribution is -0.147. The molecule has 0 atom stereocenters. The van der Waals surface area contributed by atoms with Gasteiger partial charge in [0.15, 0.2) is 6.61 Å². The third kappa shape index (κ3) is 4.79. The number of anilines is 1. The Kier molecular flexibility index (Phi) is 5.92. The Balaban J connectivity index is 1.80. The fourth-order valence-corrected chi connectivity index (χ4v) is 2.91. The van der Waals surface area contributed by atoms with Crippen molar-refractivity contribution in [3.8, 4) is 0 Å². The lowest BCUT2D eigenvalue weighted by Gasteiger charge is -2.10. The highest BCUT2D eigenvalue weighted by atomic mass is 32.1. The van der Waals surface area contributed by atoms with Crippen LogP contribution in [0.3, 0.4) is 0 Å². The van der Waals surface area contributed by atoms with Gasteiger partial charge in [0, 0.05) is 23.3 Å². The van der Waals surface area contributed by atoms with Gasteiger partial charge in [0.25, 0.3) is 5.91 Å². The average Bonchev–Trinajstić information content (AvgIpc) is 2.85. The predicted octanol–water partition coefficient (Wildman–Crippen LogP) is 2.41. The van der Waals surface area contributed by atoms with Crippen molar-refractivity contribution >= 4 is 28.9 Å². The van der Waals surface area contributed by atoms with Gasteiger partial charge >= 0.3 is 10.8 Å². The number of amides is 1. The molecule has 2 aromatic rings. The Morgan fingerprint density at radius 1 is 1.25 bits per heavy atom. The van der Waals surface area contributed by atoms with E-state index in [1.54, 1.807) is 12.3 Å². The van der Waals surface area contributed by atoms with Gasteiger partial charge in [-0.3, -0.25) is 14.4 Å². The van der Waals surface area contributed by atoms with E-state index in [-0.39, 0.29) is 30.4 Å². The maximum atomic E-state index is 11.9. The van der Waals surface area contributed by atoms with Crippen LogP contribution in [0.2, 0.25) is 0 Å². The second-order valence-corrected chi connectivity index (χ2v) is 6.39. The number of ether oxygens (including phenoxy) is 1. The molecule has 1 aromatic heterocycles. The van der Waals surface area contributed by atoms with Gasteiger partial charge in [-0.05, 0) is 38.0 Å². The molecule has 0 saturated heterocycles. The molecule has 0 fully saturated rings. The Hall–Kier alpha value is -2.41. The summed E-state index contributed by atoms with van der Waals surface area (Å²) in [5.74, 6) is -0.899. The second kappa shape index (κ2) is 7.92. The van der Waals surface area contributed by atoms with Crippen LogP contribution in [-0.2, 0) is 20.9 Å². The number of hydrogen-bond acceptors (Lipinski definition) is 5. The molecule has 0 spiro atoms. The summed E-state index contributed by atoms with van der Waals surface area (Å²) in [5.41, 5.74) is 3.49. The molecule has 24 heavy (non-hydrogen) atoms. The Bertz CT molecular complexity index is 807. The molecular formula is C17H20N2O4S. The van der Waals surface area contributed by atoms with Crippen molar-refractivity contribution in [1.82, 2.24) is 4.57 Å². The van der Waals surface area contributed by atoms with Crippen LogP contribution in [0, 0.1) is 20.8 Å². The molecule has 0 radical (unpaired) electrons. The van der Waals surface area contributed by atoms with Crippen molar-refractivity contribution in [3.05, 3.63) is 50.1 Å². The zero-order chi connectivity index (χ0) is 17.7. The van der Waals surface area contributed by atoms with E-state index >= 15 is 0 Å². The summed E-state index contributed by atoms with van der Waals surface area (Å²) in [6.45, 7) is 5.54. The molecule has 0 aliphatic heterocycles. The lowest BCUT2D eigenvalue weighted by Crippen LogP contribution is -2.23. The minimum Gasteiger partial charge on any atom is -0.456 e. The molecule has 0 bridgehead atoms. The highest BCUT2D eigenvalue weighted by molar-refractivity contribution is 7.07. The van der Waals surface area contributed by atoms with Gasteiger partial charge < -0.3 is 14.6 Å². The van der Waals surface area contributed by atoms with Crippen molar-refractivity contribution in [2.45, 2.75) is 33.7 Å². The van der Waals surface area contributed by atoms with Gasteiger partial charge in [-0.2, -0.15) is 0 Å². The number of aromatic nitrogens is 1. The van der Waals surface area contributed by atoms with Gasteiger partial charge in [0.05, 0.1) is 6.42 Å². The van der Waals surface area contributed by atoms with Gasteiger partial charge in [-0.15, -0.1) is 0 Å². The fourth-order valence-electron chi connectivity index (χ4n) is 2.15. The molecular weight excluding hydrogens is 328 g/mol. The lowest BCUT2D eigenvalue weighted by atomic mass is 10.1. The maximum Gasteiger partial charge on any atom is 0.308 e. The van der Waals surface area contributed by atoms with E-state index in [9.17, 15) is 14.4 Å². The molecule has 1 N–H and O–H groups in total. The number of esters is 1. The summed E-state index contributed by atoms with van der Waals surface area (Å²) < 4.78 is 6.48. The predicted molar refractivity (Wildman–Crippen MR) is 93.4 cm³/mol. The molecule has 2 rings (SSSR count). The molecule has 1 amide bonds. The number of hydrogen-bond donors (Lipinski definition) is 1. The summed E-state index contributed by atoms with van der Waals surface area (Å²) in [6, 6.07) is 5.73. The van der Waals surface area contributed by atoms with Crippen LogP contribution in [0.15, 0.2) is 28.4 Å². The van der Waals surface area contributed by atoms with Crippen molar-refractivity contribution in [3.63, 3.8) is 0 Å². The van der Waals surface area contributed by atoms with Crippen LogP contribution in [0.1, 0.15) is 23.2 Å². The summed E-state index contributed by atoms with van der Waals surface area (Å²) in [6.07, 6.45) is 0.0498. The van der Waals surface area contributed by atoms with Crippen molar-refractivity contribution in [2.75, 3.05) is 11.9 Å². The number of carbonyl (C=O) groups excluding carboxylic acids is 2. The maximum absolute atomic E-state index is 11.9. The number of nitrogens with one attached hydrogen (secondary N) is 1. The quantitative estimate of drug-likeness (QED) is 0.813. The van der Waals surface area contributed by atoms with Gasteiger partial charge in [-0.1, -0.05) is 23.5 Å². The molecule has 128 valence electrons.